The van der Waals surface area contributed by atoms with E-state index in [9.17, 15) is 0 Å². The minimum Gasteiger partial charge on any atom is -0.490 e. The van der Waals surface area contributed by atoms with Gasteiger partial charge in [0.05, 0.1) is 32.5 Å². The molecule has 0 saturated carbocycles. The lowest BCUT2D eigenvalue weighted by molar-refractivity contribution is -0.247. The van der Waals surface area contributed by atoms with Gasteiger partial charge in [-0.15, -0.1) is 0 Å². The largest absolute Gasteiger partial charge is 0.490 e. The molecule has 0 aliphatic carbocycles. The van der Waals surface area contributed by atoms with E-state index in [4.69, 9.17) is 18.9 Å². The first kappa shape index (κ1) is 13.5. The lowest BCUT2D eigenvalue weighted by atomic mass is 10.2. The molecular weight excluding hydrogens is 258 g/mol. The van der Waals surface area contributed by atoms with Gasteiger partial charge in [0.1, 0.15) is 0 Å². The van der Waals surface area contributed by atoms with Crippen molar-refractivity contribution < 1.29 is 18.9 Å². The Balaban J connectivity index is 1.65. The average Bonchev–Trinajstić information content (AvgIpc) is 2.66. The highest BCUT2D eigenvalue weighted by molar-refractivity contribution is 5.55. The molecule has 0 aromatic heterocycles. The molecule has 0 unspecified atom stereocenters. The van der Waals surface area contributed by atoms with Gasteiger partial charge in [0.2, 0.25) is 0 Å². The SMILES string of the molecule is CC1(C)OCC(Nc2ccc3c(c2)OCCCO3)CO1. The molecule has 1 saturated heterocycles. The number of ether oxygens (including phenoxy) is 4. The van der Waals surface area contributed by atoms with Crippen molar-refractivity contribution in [1.29, 1.82) is 0 Å². The summed E-state index contributed by atoms with van der Waals surface area (Å²) in [6, 6.07) is 6.05. The van der Waals surface area contributed by atoms with Gasteiger partial charge in [-0.25, -0.2) is 0 Å². The summed E-state index contributed by atoms with van der Waals surface area (Å²) in [7, 11) is 0. The van der Waals surface area contributed by atoms with Crippen LogP contribution in [0.15, 0.2) is 18.2 Å². The molecule has 0 radical (unpaired) electrons. The Morgan fingerprint density at radius 2 is 1.75 bits per heavy atom. The van der Waals surface area contributed by atoms with Gasteiger partial charge in [0.25, 0.3) is 0 Å². The molecule has 1 N–H and O–H groups in total. The van der Waals surface area contributed by atoms with E-state index in [1.165, 1.54) is 0 Å². The minimum absolute atomic E-state index is 0.146. The number of rotatable bonds is 2. The molecule has 5 nitrogen and oxygen atoms in total. The zero-order chi connectivity index (χ0) is 14.0. The Bertz CT molecular complexity index is 465. The molecule has 2 heterocycles. The molecule has 1 fully saturated rings. The molecule has 0 spiro atoms. The fourth-order valence-corrected chi connectivity index (χ4v) is 2.26. The smallest absolute Gasteiger partial charge is 0.163 e. The third-order valence-electron chi connectivity index (χ3n) is 3.38. The molecule has 3 rings (SSSR count). The standard InChI is InChI=1S/C15H21NO4/c1-15(2)19-9-12(10-20-15)16-11-4-5-13-14(8-11)18-7-3-6-17-13/h4-5,8,12,16H,3,6-7,9-10H2,1-2H3. The third-order valence-corrected chi connectivity index (χ3v) is 3.38. The van der Waals surface area contributed by atoms with E-state index < -0.39 is 5.79 Å². The van der Waals surface area contributed by atoms with Crippen molar-refractivity contribution in [3.05, 3.63) is 18.2 Å². The third kappa shape index (κ3) is 3.16. The number of anilines is 1. The highest BCUT2D eigenvalue weighted by Gasteiger charge is 2.28. The average molecular weight is 279 g/mol. The van der Waals surface area contributed by atoms with E-state index in [0.29, 0.717) is 26.4 Å². The number of fused-ring (bicyclic) bond motifs is 1. The number of hydrogen-bond donors (Lipinski definition) is 1. The maximum absolute atomic E-state index is 5.68. The maximum Gasteiger partial charge on any atom is 0.163 e. The van der Waals surface area contributed by atoms with Gasteiger partial charge in [-0.3, -0.25) is 0 Å². The second-order valence-corrected chi connectivity index (χ2v) is 5.58. The van der Waals surface area contributed by atoms with E-state index in [1.807, 2.05) is 32.0 Å². The van der Waals surface area contributed by atoms with E-state index >= 15 is 0 Å². The molecule has 0 amide bonds. The summed E-state index contributed by atoms with van der Waals surface area (Å²) in [5.74, 6) is 1.12. The van der Waals surface area contributed by atoms with Crippen molar-refractivity contribution >= 4 is 5.69 Å². The van der Waals surface area contributed by atoms with Crippen LogP contribution in [0.1, 0.15) is 20.3 Å². The molecule has 20 heavy (non-hydrogen) atoms. The summed E-state index contributed by atoms with van der Waals surface area (Å²) in [4.78, 5) is 0. The Labute approximate surface area is 119 Å². The highest BCUT2D eigenvalue weighted by Crippen LogP contribution is 2.32. The zero-order valence-corrected chi connectivity index (χ0v) is 12.0. The summed E-state index contributed by atoms with van der Waals surface area (Å²) in [6.45, 7) is 6.51. The van der Waals surface area contributed by atoms with Crippen LogP contribution in [0.4, 0.5) is 5.69 Å². The van der Waals surface area contributed by atoms with Crippen molar-refractivity contribution in [3.63, 3.8) is 0 Å². The fraction of sp³-hybridized carbons (Fsp3) is 0.600. The molecule has 0 bridgehead atoms. The zero-order valence-electron chi connectivity index (χ0n) is 12.0. The van der Waals surface area contributed by atoms with Crippen LogP contribution < -0.4 is 14.8 Å². The van der Waals surface area contributed by atoms with Crippen LogP contribution in [0.2, 0.25) is 0 Å². The molecule has 1 aromatic carbocycles. The minimum atomic E-state index is -0.483. The van der Waals surface area contributed by atoms with Gasteiger partial charge in [-0.1, -0.05) is 0 Å². The van der Waals surface area contributed by atoms with Crippen LogP contribution in [0, 0.1) is 0 Å². The van der Waals surface area contributed by atoms with Crippen LogP contribution in [0.5, 0.6) is 11.5 Å². The lowest BCUT2D eigenvalue weighted by Gasteiger charge is -2.35. The summed E-state index contributed by atoms with van der Waals surface area (Å²) >= 11 is 0. The normalized spacial score (nSPS) is 22.1. The van der Waals surface area contributed by atoms with Crippen LogP contribution in [0.25, 0.3) is 0 Å². The molecule has 1 aromatic rings. The van der Waals surface area contributed by atoms with Crippen LogP contribution in [-0.4, -0.2) is 38.3 Å². The summed E-state index contributed by atoms with van der Waals surface area (Å²) in [5, 5.41) is 3.40. The summed E-state index contributed by atoms with van der Waals surface area (Å²) in [6.07, 6.45) is 0.914. The number of nitrogens with one attached hydrogen (secondary N) is 1. The molecule has 110 valence electrons. The van der Waals surface area contributed by atoms with Gasteiger partial charge >= 0.3 is 0 Å². The van der Waals surface area contributed by atoms with Crippen molar-refractivity contribution in [2.45, 2.75) is 32.1 Å². The van der Waals surface area contributed by atoms with E-state index in [2.05, 4.69) is 5.32 Å². The Kier molecular flexibility index (Phi) is 3.72. The van der Waals surface area contributed by atoms with Gasteiger partial charge in [0, 0.05) is 18.2 Å². The molecule has 0 atom stereocenters. The van der Waals surface area contributed by atoms with Gasteiger partial charge in [-0.05, 0) is 26.0 Å². The van der Waals surface area contributed by atoms with Crippen molar-refractivity contribution in [1.82, 2.24) is 0 Å². The fourth-order valence-electron chi connectivity index (χ4n) is 2.26. The van der Waals surface area contributed by atoms with Crippen molar-refractivity contribution in [3.8, 4) is 11.5 Å². The monoisotopic (exact) mass is 279 g/mol. The van der Waals surface area contributed by atoms with Gasteiger partial charge in [-0.2, -0.15) is 0 Å². The Morgan fingerprint density at radius 1 is 1.05 bits per heavy atom. The highest BCUT2D eigenvalue weighted by atomic mass is 16.7. The second-order valence-electron chi connectivity index (χ2n) is 5.58. The Morgan fingerprint density at radius 3 is 2.50 bits per heavy atom. The topological polar surface area (TPSA) is 49.0 Å². The Hall–Kier alpha value is -1.46. The first-order valence-electron chi connectivity index (χ1n) is 7.06. The van der Waals surface area contributed by atoms with Crippen LogP contribution in [-0.2, 0) is 9.47 Å². The second kappa shape index (κ2) is 5.50. The van der Waals surface area contributed by atoms with Gasteiger partial charge in [0.15, 0.2) is 17.3 Å². The molecular formula is C15H21NO4. The number of benzene rings is 1. The predicted molar refractivity (Wildman–Crippen MR) is 75.4 cm³/mol. The molecule has 5 heteroatoms. The van der Waals surface area contributed by atoms with Crippen molar-refractivity contribution in [2.75, 3.05) is 31.7 Å². The van der Waals surface area contributed by atoms with Crippen LogP contribution >= 0.6 is 0 Å². The first-order chi connectivity index (χ1) is 9.62. The maximum atomic E-state index is 5.68. The first-order valence-corrected chi connectivity index (χ1v) is 7.06. The van der Waals surface area contributed by atoms with Crippen molar-refractivity contribution in [2.24, 2.45) is 0 Å². The quantitative estimate of drug-likeness (QED) is 0.901. The van der Waals surface area contributed by atoms with Crippen LogP contribution in [0.3, 0.4) is 0 Å². The van der Waals surface area contributed by atoms with E-state index in [1.54, 1.807) is 0 Å². The summed E-state index contributed by atoms with van der Waals surface area (Å²) < 4.78 is 22.6. The molecule has 2 aliphatic heterocycles. The number of hydrogen-bond acceptors (Lipinski definition) is 5. The van der Waals surface area contributed by atoms with E-state index in [-0.39, 0.29) is 6.04 Å². The van der Waals surface area contributed by atoms with E-state index in [0.717, 1.165) is 23.6 Å². The molecule has 2 aliphatic rings. The van der Waals surface area contributed by atoms with Gasteiger partial charge < -0.3 is 24.3 Å². The predicted octanol–water partition coefficient (Wildman–Crippen LogP) is 2.41. The lowest BCUT2D eigenvalue weighted by Crippen LogP contribution is -2.45. The summed E-state index contributed by atoms with van der Waals surface area (Å²) in [5.41, 5.74) is 0.992.